The van der Waals surface area contributed by atoms with Crippen molar-refractivity contribution >= 4 is 15.9 Å². The number of hydrogen-bond acceptors (Lipinski definition) is 2. The molecule has 60 valence electrons. The molecule has 0 saturated heterocycles. The van der Waals surface area contributed by atoms with Gasteiger partial charge in [-0.25, -0.2) is 0 Å². The molecule has 0 fully saturated rings. The van der Waals surface area contributed by atoms with E-state index in [4.69, 9.17) is 4.74 Å². The molecule has 0 spiro atoms. The topological polar surface area (TPSA) is 22.1 Å². The van der Waals surface area contributed by atoms with E-state index in [0.717, 1.165) is 15.9 Å². The van der Waals surface area contributed by atoms with Crippen molar-refractivity contribution in [2.45, 2.75) is 13.8 Å². The lowest BCUT2D eigenvalue weighted by atomic mass is 10.3. The minimum absolute atomic E-state index is 0.672. The van der Waals surface area contributed by atoms with Crippen LogP contribution < -0.4 is 4.74 Å². The third kappa shape index (κ3) is 1.93. The monoisotopic (exact) mass is 215 g/mol. The van der Waals surface area contributed by atoms with Gasteiger partial charge in [-0.2, -0.15) is 0 Å². The van der Waals surface area contributed by atoms with Gasteiger partial charge in [0.2, 0.25) is 0 Å². The summed E-state index contributed by atoms with van der Waals surface area (Å²) < 4.78 is 6.32. The first-order chi connectivity index (χ1) is 5.25. The summed E-state index contributed by atoms with van der Waals surface area (Å²) in [6.07, 6.45) is 1.75. The summed E-state index contributed by atoms with van der Waals surface area (Å²) in [5.41, 5.74) is 0.918. The van der Waals surface area contributed by atoms with E-state index in [-0.39, 0.29) is 0 Å². The van der Waals surface area contributed by atoms with Crippen molar-refractivity contribution in [1.82, 2.24) is 4.98 Å². The Hall–Kier alpha value is -0.570. The average molecular weight is 216 g/mol. The van der Waals surface area contributed by atoms with Gasteiger partial charge in [-0.15, -0.1) is 0 Å². The third-order valence-electron chi connectivity index (χ3n) is 1.32. The normalized spacial score (nSPS) is 9.73. The van der Waals surface area contributed by atoms with E-state index in [0.29, 0.717) is 6.61 Å². The fraction of sp³-hybridized carbons (Fsp3) is 0.375. The minimum Gasteiger partial charge on any atom is -0.491 e. The van der Waals surface area contributed by atoms with Crippen LogP contribution in [-0.2, 0) is 0 Å². The Labute approximate surface area is 74.7 Å². The molecule has 0 aliphatic heterocycles. The summed E-state index contributed by atoms with van der Waals surface area (Å²) in [7, 11) is 0. The molecular weight excluding hydrogens is 206 g/mol. The van der Waals surface area contributed by atoms with Crippen LogP contribution in [0.2, 0.25) is 0 Å². The van der Waals surface area contributed by atoms with Crippen LogP contribution in [0.15, 0.2) is 16.7 Å². The van der Waals surface area contributed by atoms with Crippen molar-refractivity contribution in [1.29, 1.82) is 0 Å². The van der Waals surface area contributed by atoms with E-state index in [2.05, 4.69) is 20.9 Å². The Bertz CT molecular complexity index is 230. The number of nitrogens with zero attached hydrogens (tertiary/aromatic N) is 1. The summed E-state index contributed by atoms with van der Waals surface area (Å²) in [6.45, 7) is 4.56. The van der Waals surface area contributed by atoms with Crippen LogP contribution in [0.4, 0.5) is 0 Å². The zero-order chi connectivity index (χ0) is 8.27. The maximum Gasteiger partial charge on any atom is 0.154 e. The van der Waals surface area contributed by atoms with Gasteiger partial charge in [0.25, 0.3) is 0 Å². The lowest BCUT2D eigenvalue weighted by Crippen LogP contribution is -1.96. The van der Waals surface area contributed by atoms with Crippen molar-refractivity contribution in [2.24, 2.45) is 0 Å². The molecule has 0 radical (unpaired) electrons. The van der Waals surface area contributed by atoms with Crippen molar-refractivity contribution in [3.05, 3.63) is 22.4 Å². The molecule has 3 heteroatoms. The fourth-order valence-corrected chi connectivity index (χ4v) is 1.36. The maximum absolute atomic E-state index is 5.36. The van der Waals surface area contributed by atoms with Crippen LogP contribution in [0, 0.1) is 6.92 Å². The van der Waals surface area contributed by atoms with E-state index in [1.807, 2.05) is 19.9 Å². The number of ether oxygens (including phenoxy) is 1. The van der Waals surface area contributed by atoms with Crippen LogP contribution in [0.1, 0.15) is 12.6 Å². The van der Waals surface area contributed by atoms with E-state index in [9.17, 15) is 0 Å². The highest BCUT2D eigenvalue weighted by molar-refractivity contribution is 9.10. The first-order valence-electron chi connectivity index (χ1n) is 3.49. The zero-order valence-electron chi connectivity index (χ0n) is 6.60. The van der Waals surface area contributed by atoms with E-state index >= 15 is 0 Å². The van der Waals surface area contributed by atoms with E-state index < -0.39 is 0 Å². The predicted molar refractivity (Wildman–Crippen MR) is 47.8 cm³/mol. The molecular formula is C8H10BrNO. The van der Waals surface area contributed by atoms with Crippen molar-refractivity contribution in [3.8, 4) is 5.75 Å². The largest absolute Gasteiger partial charge is 0.491 e. The molecule has 2 nitrogen and oxygen atoms in total. The van der Waals surface area contributed by atoms with Gasteiger partial charge >= 0.3 is 0 Å². The number of rotatable bonds is 2. The second-order valence-electron chi connectivity index (χ2n) is 2.14. The molecule has 1 aromatic heterocycles. The average Bonchev–Trinajstić information content (AvgIpc) is 1.97. The predicted octanol–water partition coefficient (Wildman–Crippen LogP) is 2.55. The second kappa shape index (κ2) is 3.72. The number of halogens is 1. The van der Waals surface area contributed by atoms with Crippen molar-refractivity contribution in [3.63, 3.8) is 0 Å². The van der Waals surface area contributed by atoms with Gasteiger partial charge in [0.1, 0.15) is 0 Å². The highest BCUT2D eigenvalue weighted by Gasteiger charge is 2.03. The number of hydrogen-bond donors (Lipinski definition) is 0. The summed E-state index contributed by atoms with van der Waals surface area (Å²) in [5.74, 6) is 0.843. The lowest BCUT2D eigenvalue weighted by molar-refractivity contribution is 0.334. The molecule has 0 unspecified atom stereocenters. The van der Waals surface area contributed by atoms with Crippen LogP contribution in [0.25, 0.3) is 0 Å². The lowest BCUT2D eigenvalue weighted by Gasteiger charge is -2.06. The zero-order valence-corrected chi connectivity index (χ0v) is 8.18. The van der Waals surface area contributed by atoms with Gasteiger partial charge in [0, 0.05) is 6.20 Å². The molecule has 0 aliphatic carbocycles. The third-order valence-corrected chi connectivity index (χ3v) is 1.95. The molecule has 0 N–H and O–H groups in total. The number of aryl methyl sites for hydroxylation is 1. The standard InChI is InChI=1S/C8H10BrNO/c1-3-11-8-6(2)10-5-4-7(8)9/h4-5H,3H2,1-2H3. The first kappa shape index (κ1) is 8.53. The van der Waals surface area contributed by atoms with Gasteiger partial charge < -0.3 is 4.74 Å². The molecule has 0 bridgehead atoms. The first-order valence-corrected chi connectivity index (χ1v) is 4.29. The van der Waals surface area contributed by atoms with Gasteiger partial charge in [-0.1, -0.05) is 0 Å². The Kier molecular flexibility index (Phi) is 2.88. The summed E-state index contributed by atoms with van der Waals surface area (Å²) in [6, 6.07) is 1.87. The Morgan fingerprint density at radius 2 is 2.36 bits per heavy atom. The van der Waals surface area contributed by atoms with Gasteiger partial charge in [-0.05, 0) is 35.8 Å². The second-order valence-corrected chi connectivity index (χ2v) is 2.99. The van der Waals surface area contributed by atoms with Crippen LogP contribution in [0.3, 0.4) is 0 Å². The molecule has 1 rings (SSSR count). The Balaban J connectivity index is 3.00. The molecule has 0 aliphatic rings. The van der Waals surface area contributed by atoms with E-state index in [1.165, 1.54) is 0 Å². The molecule has 0 atom stereocenters. The van der Waals surface area contributed by atoms with Crippen molar-refractivity contribution in [2.75, 3.05) is 6.61 Å². The highest BCUT2D eigenvalue weighted by Crippen LogP contribution is 2.26. The molecule has 11 heavy (non-hydrogen) atoms. The Morgan fingerprint density at radius 1 is 1.64 bits per heavy atom. The summed E-state index contributed by atoms with van der Waals surface area (Å²) in [4.78, 5) is 4.10. The summed E-state index contributed by atoms with van der Waals surface area (Å²) >= 11 is 3.38. The number of aromatic nitrogens is 1. The van der Waals surface area contributed by atoms with E-state index in [1.54, 1.807) is 6.20 Å². The quantitative estimate of drug-likeness (QED) is 0.757. The Morgan fingerprint density at radius 3 is 2.91 bits per heavy atom. The van der Waals surface area contributed by atoms with Crippen LogP contribution in [0.5, 0.6) is 5.75 Å². The van der Waals surface area contributed by atoms with Gasteiger partial charge in [0.15, 0.2) is 5.75 Å². The smallest absolute Gasteiger partial charge is 0.154 e. The number of pyridine rings is 1. The molecule has 0 saturated carbocycles. The SMILES string of the molecule is CCOc1c(Br)ccnc1C. The molecule has 0 aromatic carbocycles. The fourth-order valence-electron chi connectivity index (χ4n) is 0.839. The van der Waals surface area contributed by atoms with Crippen LogP contribution in [-0.4, -0.2) is 11.6 Å². The minimum atomic E-state index is 0.672. The van der Waals surface area contributed by atoms with Gasteiger partial charge in [-0.3, -0.25) is 4.98 Å². The molecule has 0 amide bonds. The van der Waals surface area contributed by atoms with Gasteiger partial charge in [0.05, 0.1) is 16.8 Å². The molecule has 1 heterocycles. The molecule has 1 aromatic rings. The van der Waals surface area contributed by atoms with Crippen LogP contribution >= 0.6 is 15.9 Å². The maximum atomic E-state index is 5.36. The highest BCUT2D eigenvalue weighted by atomic mass is 79.9. The van der Waals surface area contributed by atoms with Crippen molar-refractivity contribution < 1.29 is 4.74 Å². The summed E-state index contributed by atoms with van der Waals surface area (Å²) in [5, 5.41) is 0.